The van der Waals surface area contributed by atoms with E-state index < -0.39 is 202 Å². The topological polar surface area (TPSA) is 413 Å². The van der Waals surface area contributed by atoms with Crippen molar-refractivity contribution >= 4 is 5.78 Å². The Kier molecular flexibility index (Phi) is 20.4. The minimum Gasteiger partial charge on any atom is -0.394 e. The SMILES string of the molecule is CC(C)=CCC[C@](C)(O[C@@H]1O[C@H](CO[C@H]2O[C@H](CO)[C@@H](O)[C@@H]2O)[C@@H](O)[C@H](O)[C@H]1O)[C@H]1CC[C@]2(C)[C@@H]1C(=O)C[C@@H]1[C@@]3(C)CC[C@H](O[C@@H]4O[C@H](CO[C@@H]5OC[C@@H](O)[C@H](O)[C@H]5O)[C@@H](O)[C@H](O)[C@H]4O[C@@H]4O[C@H](CO)[C@@H](O)[C@H](O)[C@H]4O)C(C)(C)[C@@H]3CC[C@]12C. The summed E-state index contributed by atoms with van der Waals surface area (Å²) in [5.41, 5.74) is -2.11. The first-order valence-electron chi connectivity index (χ1n) is 30.1. The maximum Gasteiger partial charge on any atom is 0.187 e. The van der Waals surface area contributed by atoms with E-state index >= 15 is 4.79 Å². The molecule has 0 bridgehead atoms. The van der Waals surface area contributed by atoms with Crippen molar-refractivity contribution in [3.63, 3.8) is 0 Å². The van der Waals surface area contributed by atoms with Crippen molar-refractivity contribution in [3.05, 3.63) is 11.6 Å². The average Bonchev–Trinajstić information content (AvgIpc) is 1.25. The van der Waals surface area contributed by atoms with Gasteiger partial charge in [-0.3, -0.25) is 4.79 Å². The molecule has 0 spiro atoms. The lowest BCUT2D eigenvalue weighted by Crippen LogP contribution is -2.67. The summed E-state index contributed by atoms with van der Waals surface area (Å²) in [6.45, 7) is 14.1. The van der Waals surface area contributed by atoms with Gasteiger partial charge in [0.15, 0.2) is 31.5 Å². The van der Waals surface area contributed by atoms with E-state index in [0.717, 1.165) is 18.4 Å². The molecule has 0 aromatic heterocycles. The molecule has 4 saturated carbocycles. The number of fused-ring (bicyclic) bond motifs is 5. The summed E-state index contributed by atoms with van der Waals surface area (Å²) < 4.78 is 60.6. The van der Waals surface area contributed by atoms with Gasteiger partial charge in [0.05, 0.1) is 44.7 Å². The molecular weight excluding hydrogens is 1110 g/mol. The Morgan fingerprint density at radius 2 is 1.10 bits per heavy atom. The molecule has 0 aromatic rings. The van der Waals surface area contributed by atoms with E-state index in [1.165, 1.54) is 0 Å². The van der Waals surface area contributed by atoms with E-state index in [1.807, 2.05) is 20.8 Å². The van der Waals surface area contributed by atoms with Gasteiger partial charge in [-0.2, -0.15) is 0 Å². The lowest BCUT2D eigenvalue weighted by atomic mass is 9.35. The Bertz CT molecular complexity index is 2260. The third-order valence-corrected chi connectivity index (χ3v) is 22.0. The number of aliphatic hydroxyl groups is 15. The minimum absolute atomic E-state index is 0.0623. The number of rotatable bonds is 18. The average molecular weight is 1210 g/mol. The highest BCUT2D eigenvalue weighted by Crippen LogP contribution is 2.75. The van der Waals surface area contributed by atoms with Gasteiger partial charge >= 0.3 is 0 Å². The van der Waals surface area contributed by atoms with Crippen LogP contribution in [0.4, 0.5) is 0 Å². The van der Waals surface area contributed by atoms with Crippen molar-refractivity contribution in [1.29, 1.82) is 0 Å². The highest BCUT2D eigenvalue weighted by atomic mass is 16.8. The van der Waals surface area contributed by atoms with Gasteiger partial charge in [0.1, 0.15) is 116 Å². The van der Waals surface area contributed by atoms with Gasteiger partial charge < -0.3 is 124 Å². The zero-order valence-corrected chi connectivity index (χ0v) is 49.3. The fourth-order valence-corrected chi connectivity index (χ4v) is 16.8. The molecule has 0 radical (unpaired) electrons. The summed E-state index contributed by atoms with van der Waals surface area (Å²) in [4.78, 5) is 15.5. The lowest BCUT2D eigenvalue weighted by Gasteiger charge is -2.69. The second-order valence-corrected chi connectivity index (χ2v) is 27.5. The Morgan fingerprint density at radius 3 is 1.73 bits per heavy atom. The largest absolute Gasteiger partial charge is 0.394 e. The van der Waals surface area contributed by atoms with Gasteiger partial charge in [0.25, 0.3) is 0 Å². The minimum atomic E-state index is -1.89. The number of aliphatic hydroxyl groups excluding tert-OH is 15. The summed E-state index contributed by atoms with van der Waals surface area (Å²) in [6.07, 6.45) is -29.9. The number of hydrogen-bond donors (Lipinski definition) is 15. The van der Waals surface area contributed by atoms with Gasteiger partial charge in [0, 0.05) is 12.3 Å². The van der Waals surface area contributed by atoms with Crippen molar-refractivity contribution in [3.8, 4) is 0 Å². The molecule has 9 fully saturated rings. The van der Waals surface area contributed by atoms with E-state index in [9.17, 15) is 76.6 Å². The number of ketones is 1. The molecule has 9 aliphatic rings. The van der Waals surface area contributed by atoms with E-state index in [0.29, 0.717) is 38.5 Å². The number of Topliss-reactive ketones (excluding diaryl/α,β-unsaturated/α-hetero) is 1. The Morgan fingerprint density at radius 1 is 0.571 bits per heavy atom. The van der Waals surface area contributed by atoms with Gasteiger partial charge in [-0.25, -0.2) is 0 Å². The van der Waals surface area contributed by atoms with Crippen LogP contribution in [0.3, 0.4) is 0 Å². The zero-order chi connectivity index (χ0) is 61.5. The van der Waals surface area contributed by atoms with Crippen LogP contribution in [0.2, 0.25) is 0 Å². The molecule has 0 amide bonds. The summed E-state index contributed by atoms with van der Waals surface area (Å²) >= 11 is 0. The molecule has 5 aliphatic heterocycles. The first kappa shape index (κ1) is 66.8. The fourth-order valence-electron chi connectivity index (χ4n) is 16.8. The number of carbonyl (C=O) groups excluding carboxylic acids is 1. The van der Waals surface area contributed by atoms with E-state index in [1.54, 1.807) is 0 Å². The van der Waals surface area contributed by atoms with E-state index in [-0.39, 0.29) is 42.0 Å². The molecule has 5 saturated heterocycles. The number of carbonyl (C=O) groups is 1. The van der Waals surface area contributed by atoms with Crippen molar-refractivity contribution in [1.82, 2.24) is 0 Å². The van der Waals surface area contributed by atoms with Crippen LogP contribution < -0.4 is 0 Å². The molecule has 0 aromatic carbocycles. The summed E-state index contributed by atoms with van der Waals surface area (Å²) in [5, 5.41) is 161. The molecule has 9 rings (SSSR count). The van der Waals surface area contributed by atoms with Crippen molar-refractivity contribution in [2.75, 3.05) is 33.0 Å². The van der Waals surface area contributed by atoms with Gasteiger partial charge in [-0.15, -0.1) is 0 Å². The first-order chi connectivity index (χ1) is 39.4. The van der Waals surface area contributed by atoms with Gasteiger partial charge in [-0.05, 0) is 112 Å². The quantitative estimate of drug-likeness (QED) is 0.0484. The summed E-state index contributed by atoms with van der Waals surface area (Å²) in [7, 11) is 0. The molecule has 26 heteroatoms. The van der Waals surface area contributed by atoms with Crippen molar-refractivity contribution in [2.45, 2.75) is 266 Å². The van der Waals surface area contributed by atoms with Crippen molar-refractivity contribution < 1.29 is 129 Å². The van der Waals surface area contributed by atoms with Gasteiger partial charge in [0.2, 0.25) is 0 Å². The van der Waals surface area contributed by atoms with Crippen LogP contribution in [0.15, 0.2) is 11.6 Å². The second kappa shape index (κ2) is 25.6. The molecule has 26 nitrogen and oxygen atoms in total. The van der Waals surface area contributed by atoms with E-state index in [2.05, 4.69) is 40.7 Å². The smallest absolute Gasteiger partial charge is 0.187 e. The molecule has 32 atom stereocenters. The molecule has 0 unspecified atom stereocenters. The molecular formula is C58H96O26. The fraction of sp³-hybridized carbons (Fsp3) is 0.948. The molecule has 484 valence electrons. The Hall–Kier alpha value is -1.59. The third kappa shape index (κ3) is 11.9. The predicted octanol–water partition coefficient (Wildman–Crippen LogP) is -2.89. The van der Waals surface area contributed by atoms with Crippen LogP contribution in [0.25, 0.3) is 0 Å². The summed E-state index contributed by atoms with van der Waals surface area (Å²) in [5.74, 6) is -0.945. The third-order valence-electron chi connectivity index (χ3n) is 22.0. The molecule has 84 heavy (non-hydrogen) atoms. The number of hydrogen-bond acceptors (Lipinski definition) is 26. The molecule has 4 aliphatic carbocycles. The highest BCUT2D eigenvalue weighted by molar-refractivity contribution is 5.84. The van der Waals surface area contributed by atoms with Crippen LogP contribution in [0.1, 0.15) is 113 Å². The first-order valence-corrected chi connectivity index (χ1v) is 30.1. The molecule has 5 heterocycles. The maximum absolute atomic E-state index is 15.5. The highest BCUT2D eigenvalue weighted by Gasteiger charge is 2.72. The van der Waals surface area contributed by atoms with E-state index in [4.69, 9.17) is 47.4 Å². The lowest BCUT2D eigenvalue weighted by molar-refractivity contribution is -0.381. The number of ether oxygens (including phenoxy) is 10. The number of allylic oxidation sites excluding steroid dienone is 2. The maximum atomic E-state index is 15.5. The Labute approximate surface area is 489 Å². The van der Waals surface area contributed by atoms with Crippen LogP contribution in [-0.4, -0.2) is 268 Å². The predicted molar refractivity (Wildman–Crippen MR) is 286 cm³/mol. The molecule has 15 N–H and O–H groups in total. The normalized spacial score (nSPS) is 52.0. The monoisotopic (exact) mass is 1210 g/mol. The standard InChI is InChI=1S/C58H96O26/c1-24(2)10-9-14-58(8,84-52-47(74)42(69)39(66)30(80-52)23-77-50-45(72)38(65)29(20-60)78-50)25-11-16-57(7)35(25)26(61)18-33-55(5)15-13-34(54(3,4)32(55)12-17-56(33,57)6)82-53-48(83-51-46(73)41(68)37(64)28(19-59)79-51)43(70)40(67)31(81-53)22-76-49-44(71)36(63)27(62)21-75-49/h10,25,27-53,59-60,62-74H,9,11-23H2,1-8H3/t25-,27+,28+,29+,30+,31+,32-,33+,34-,35-,36-,37+,38+,39+,40+,41-,42-,43-,44+,45-,46+,47+,48+,49-,50-,51-,52-,53-,55-,56+,57+,58-/m0/s1. The van der Waals surface area contributed by atoms with Gasteiger partial charge in [-0.1, -0.05) is 46.3 Å². The second-order valence-electron chi connectivity index (χ2n) is 27.5. The zero-order valence-electron chi connectivity index (χ0n) is 49.3. The Balaban J connectivity index is 0.940. The summed E-state index contributed by atoms with van der Waals surface area (Å²) in [6, 6.07) is 0. The van der Waals surface area contributed by atoms with Crippen LogP contribution in [-0.2, 0) is 52.2 Å². The van der Waals surface area contributed by atoms with Crippen LogP contribution in [0, 0.1) is 45.3 Å². The van der Waals surface area contributed by atoms with Crippen LogP contribution in [0.5, 0.6) is 0 Å². The van der Waals surface area contributed by atoms with Crippen LogP contribution >= 0.6 is 0 Å². The van der Waals surface area contributed by atoms with Crippen molar-refractivity contribution in [2.24, 2.45) is 45.3 Å².